The molecule has 0 saturated carbocycles. The van der Waals surface area contributed by atoms with Gasteiger partial charge >= 0.3 is 5.97 Å². The molecule has 5 rings (SSSR count). The Kier molecular flexibility index (Phi) is 5.97. The molecule has 0 aromatic heterocycles. The molecule has 170 valence electrons. The number of nitriles is 1. The lowest BCUT2D eigenvalue weighted by molar-refractivity contribution is 0.0600. The van der Waals surface area contributed by atoms with Gasteiger partial charge in [-0.1, -0.05) is 12.1 Å². The lowest BCUT2D eigenvalue weighted by Gasteiger charge is -2.37. The average Bonchev–Trinajstić information content (AvgIpc) is 3.21. The summed E-state index contributed by atoms with van der Waals surface area (Å²) in [6, 6.07) is 10.1. The Hall–Kier alpha value is -3.44. The smallest absolute Gasteiger partial charge is 0.337 e. The maximum Gasteiger partial charge on any atom is 0.337 e. The maximum atomic E-state index is 11.6. The Balaban J connectivity index is 1.24. The van der Waals surface area contributed by atoms with Crippen LogP contribution in [-0.4, -0.2) is 65.6 Å². The predicted octanol–water partition coefficient (Wildman–Crippen LogP) is 2.42. The zero-order chi connectivity index (χ0) is 22.8. The summed E-state index contributed by atoms with van der Waals surface area (Å²) in [6.07, 6.45) is 6.77. The Morgan fingerprint density at radius 2 is 1.82 bits per heavy atom. The lowest BCUT2D eigenvalue weighted by atomic mass is 9.94. The SMILES string of the molecule is COC(=O)c1ccc(CCN2CCN(n3ncnc4c(C#N)c5c(c3-4)CCCC5)CC2)cc1. The second-order valence-electron chi connectivity index (χ2n) is 8.73. The van der Waals surface area contributed by atoms with Gasteiger partial charge in [0.15, 0.2) is 0 Å². The minimum absolute atomic E-state index is 0.304. The van der Waals surface area contributed by atoms with Gasteiger partial charge in [0.1, 0.15) is 23.8 Å². The van der Waals surface area contributed by atoms with Crippen LogP contribution in [0.4, 0.5) is 0 Å². The van der Waals surface area contributed by atoms with Gasteiger partial charge in [-0.15, -0.1) is 5.10 Å². The second kappa shape index (κ2) is 9.20. The monoisotopic (exact) mass is 444 g/mol. The van der Waals surface area contributed by atoms with Crippen molar-refractivity contribution in [1.82, 2.24) is 19.8 Å². The molecule has 1 fully saturated rings. The van der Waals surface area contributed by atoms with E-state index in [1.54, 1.807) is 6.33 Å². The molecule has 0 N–H and O–H groups in total. The number of piperazine rings is 1. The summed E-state index contributed by atoms with van der Waals surface area (Å²) in [6.45, 7) is 4.62. The fraction of sp³-hybridized carbons (Fsp3) is 0.440. The highest BCUT2D eigenvalue weighted by molar-refractivity contribution is 5.89. The van der Waals surface area contributed by atoms with E-state index in [1.165, 1.54) is 23.8 Å². The van der Waals surface area contributed by atoms with Gasteiger partial charge in [-0.2, -0.15) is 10.1 Å². The standard InChI is InChI=1S/C25H28N6O2/c1-33-25(32)19-8-6-18(7-9-19)10-11-29-12-14-30(15-13-29)31-24-21-5-3-2-4-20(21)22(16-26)23(24)27-17-28-31/h6-9,17H,2-5,10-15H2,1H3. The van der Waals surface area contributed by atoms with Crippen molar-refractivity contribution in [2.24, 2.45) is 0 Å². The van der Waals surface area contributed by atoms with Crippen LogP contribution in [0.5, 0.6) is 0 Å². The lowest BCUT2D eigenvalue weighted by Crippen LogP contribution is -2.52. The highest BCUT2D eigenvalue weighted by Crippen LogP contribution is 2.38. The number of aromatic nitrogens is 3. The van der Waals surface area contributed by atoms with Crippen molar-refractivity contribution >= 4 is 5.97 Å². The molecule has 0 spiro atoms. The number of esters is 1. The minimum atomic E-state index is -0.304. The summed E-state index contributed by atoms with van der Waals surface area (Å²) in [4.78, 5) is 20.6. The molecule has 8 heteroatoms. The number of benzene rings is 1. The van der Waals surface area contributed by atoms with Crippen molar-refractivity contribution in [3.05, 3.63) is 58.4 Å². The van der Waals surface area contributed by atoms with Crippen LogP contribution in [0.3, 0.4) is 0 Å². The van der Waals surface area contributed by atoms with Crippen LogP contribution < -0.4 is 5.01 Å². The van der Waals surface area contributed by atoms with Gasteiger partial charge in [0.25, 0.3) is 0 Å². The van der Waals surface area contributed by atoms with Crippen molar-refractivity contribution in [3.63, 3.8) is 0 Å². The molecule has 2 heterocycles. The second-order valence-corrected chi connectivity index (χ2v) is 8.73. The predicted molar refractivity (Wildman–Crippen MR) is 124 cm³/mol. The van der Waals surface area contributed by atoms with E-state index in [4.69, 9.17) is 4.74 Å². The third-order valence-corrected chi connectivity index (χ3v) is 6.88. The van der Waals surface area contributed by atoms with Gasteiger partial charge in [0.2, 0.25) is 0 Å². The Bertz CT molecular complexity index is 1150. The Morgan fingerprint density at radius 3 is 2.52 bits per heavy atom. The quantitative estimate of drug-likeness (QED) is 0.559. The highest BCUT2D eigenvalue weighted by atomic mass is 16.5. The number of hydrogen-bond acceptors (Lipinski definition) is 7. The van der Waals surface area contributed by atoms with Crippen molar-refractivity contribution in [3.8, 4) is 17.5 Å². The van der Waals surface area contributed by atoms with Gasteiger partial charge < -0.3 is 4.74 Å². The number of carbonyl (C=O) groups is 1. The molecule has 0 atom stereocenters. The molecule has 4 aliphatic rings. The Labute approximate surface area is 193 Å². The van der Waals surface area contributed by atoms with E-state index in [2.05, 4.69) is 26.1 Å². The van der Waals surface area contributed by atoms with Crippen LogP contribution in [0.25, 0.3) is 11.4 Å². The van der Waals surface area contributed by atoms with Crippen LogP contribution >= 0.6 is 0 Å². The molecule has 33 heavy (non-hydrogen) atoms. The first kappa shape index (κ1) is 21.4. The van der Waals surface area contributed by atoms with Crippen molar-refractivity contribution in [1.29, 1.82) is 5.26 Å². The normalized spacial score (nSPS) is 16.4. The first-order valence-corrected chi connectivity index (χ1v) is 11.6. The van der Waals surface area contributed by atoms with Gasteiger partial charge in [0.05, 0.1) is 18.2 Å². The first-order valence-electron chi connectivity index (χ1n) is 11.6. The van der Waals surface area contributed by atoms with Crippen molar-refractivity contribution < 1.29 is 9.53 Å². The molecular weight excluding hydrogens is 416 g/mol. The molecule has 0 amide bonds. The van der Waals surface area contributed by atoms with Crippen LogP contribution in [0.1, 0.15) is 45.5 Å². The average molecular weight is 445 g/mol. The van der Waals surface area contributed by atoms with E-state index in [-0.39, 0.29) is 5.97 Å². The largest absolute Gasteiger partial charge is 0.465 e. The summed E-state index contributed by atoms with van der Waals surface area (Å²) in [5, 5.41) is 16.6. The molecule has 0 radical (unpaired) electrons. The Morgan fingerprint density at radius 1 is 1.09 bits per heavy atom. The molecule has 1 aromatic carbocycles. The molecule has 2 aliphatic heterocycles. The molecule has 2 aliphatic carbocycles. The molecule has 8 nitrogen and oxygen atoms in total. The number of hydrogen-bond donors (Lipinski definition) is 0. The molecule has 0 bridgehead atoms. The van der Waals surface area contributed by atoms with Crippen molar-refractivity contribution in [2.45, 2.75) is 32.1 Å². The number of methoxy groups -OCH3 is 1. The third kappa shape index (κ3) is 4.05. The summed E-state index contributed by atoms with van der Waals surface area (Å²) in [5.74, 6) is -0.304. The fourth-order valence-corrected chi connectivity index (χ4v) is 5.08. The zero-order valence-electron chi connectivity index (χ0n) is 19.0. The molecular formula is C25H28N6O2. The van der Waals surface area contributed by atoms with Gasteiger partial charge in [-0.05, 0) is 60.9 Å². The first-order chi connectivity index (χ1) is 16.2. The van der Waals surface area contributed by atoms with Crippen LogP contribution in [0, 0.1) is 11.3 Å². The maximum absolute atomic E-state index is 11.6. The fourth-order valence-electron chi connectivity index (χ4n) is 5.08. The zero-order valence-corrected chi connectivity index (χ0v) is 19.0. The van der Waals surface area contributed by atoms with Crippen LogP contribution in [-0.2, 0) is 24.0 Å². The number of carbonyl (C=O) groups excluding carboxylic acids is 1. The number of nitrogens with zero attached hydrogens (tertiary/aromatic N) is 6. The van der Waals surface area contributed by atoms with Gasteiger partial charge in [-0.3, -0.25) is 9.91 Å². The summed E-state index contributed by atoms with van der Waals surface area (Å²) in [5.41, 5.74) is 6.82. The summed E-state index contributed by atoms with van der Waals surface area (Å²) < 4.78 is 4.76. The van der Waals surface area contributed by atoms with E-state index in [0.717, 1.165) is 81.8 Å². The molecule has 1 aromatic rings. The van der Waals surface area contributed by atoms with E-state index in [1.807, 2.05) is 29.1 Å². The van der Waals surface area contributed by atoms with Crippen molar-refractivity contribution in [2.75, 3.05) is 44.8 Å². The molecule has 1 saturated heterocycles. The minimum Gasteiger partial charge on any atom is -0.465 e. The summed E-state index contributed by atoms with van der Waals surface area (Å²) in [7, 11) is 1.40. The van der Waals surface area contributed by atoms with Gasteiger partial charge in [-0.25, -0.2) is 9.78 Å². The van der Waals surface area contributed by atoms with E-state index in [0.29, 0.717) is 5.56 Å². The number of ether oxygens (including phenoxy) is 1. The van der Waals surface area contributed by atoms with Crippen LogP contribution in [0.15, 0.2) is 30.6 Å². The van der Waals surface area contributed by atoms with E-state index in [9.17, 15) is 10.1 Å². The topological polar surface area (TPSA) is 87.3 Å². The van der Waals surface area contributed by atoms with E-state index >= 15 is 0 Å². The van der Waals surface area contributed by atoms with Crippen LogP contribution in [0.2, 0.25) is 0 Å². The number of rotatable bonds is 5. The third-order valence-electron chi connectivity index (χ3n) is 6.88. The van der Waals surface area contributed by atoms with Gasteiger partial charge in [0, 0.05) is 32.7 Å². The summed E-state index contributed by atoms with van der Waals surface area (Å²) >= 11 is 0. The highest BCUT2D eigenvalue weighted by Gasteiger charge is 2.31. The number of fused-ring (bicyclic) bond motifs is 3. The molecule has 0 unspecified atom stereocenters. The van der Waals surface area contributed by atoms with E-state index < -0.39 is 0 Å².